The second kappa shape index (κ2) is 5.98. The first-order valence-electron chi connectivity index (χ1n) is 5.19. The Balaban J connectivity index is 2.15. The molecule has 1 aliphatic carbocycles. The van der Waals surface area contributed by atoms with E-state index in [2.05, 4.69) is 4.74 Å². The molecule has 2 N–H and O–H groups in total. The largest absolute Gasteiger partial charge is 0.468 e. The number of nitrogens with two attached hydrogens (primary N) is 1. The van der Waals surface area contributed by atoms with E-state index < -0.39 is 12.0 Å². The van der Waals surface area contributed by atoms with Crippen LogP contribution in [0.15, 0.2) is 0 Å². The van der Waals surface area contributed by atoms with Crippen molar-refractivity contribution in [1.29, 1.82) is 0 Å². The van der Waals surface area contributed by atoms with Crippen molar-refractivity contribution < 1.29 is 14.3 Å². The van der Waals surface area contributed by atoms with Crippen molar-refractivity contribution in [3.05, 3.63) is 0 Å². The fraction of sp³-hybridized carbons (Fsp3) is 0.900. The highest BCUT2D eigenvalue weighted by atomic mass is 16.5. The number of rotatable bonds is 4. The minimum atomic E-state index is -0.637. The summed E-state index contributed by atoms with van der Waals surface area (Å²) in [6.07, 6.45) is 6.21. The SMILES string of the molecule is COC(=O)[C@@H](N)COC1CCCCC1. The van der Waals surface area contributed by atoms with E-state index >= 15 is 0 Å². The molecular formula is C10H19NO3. The Labute approximate surface area is 84.7 Å². The van der Waals surface area contributed by atoms with Crippen LogP contribution >= 0.6 is 0 Å². The van der Waals surface area contributed by atoms with Crippen molar-refractivity contribution >= 4 is 5.97 Å². The second-order valence-electron chi connectivity index (χ2n) is 3.72. The first kappa shape index (κ1) is 11.5. The molecule has 0 amide bonds. The van der Waals surface area contributed by atoms with E-state index in [1.54, 1.807) is 0 Å². The summed E-state index contributed by atoms with van der Waals surface area (Å²) in [5, 5.41) is 0. The Morgan fingerprint density at radius 1 is 1.43 bits per heavy atom. The molecule has 14 heavy (non-hydrogen) atoms. The van der Waals surface area contributed by atoms with Crippen LogP contribution in [0.4, 0.5) is 0 Å². The molecule has 1 saturated carbocycles. The van der Waals surface area contributed by atoms with Crippen LogP contribution in [0.5, 0.6) is 0 Å². The molecule has 0 aromatic heterocycles. The quantitative estimate of drug-likeness (QED) is 0.684. The summed E-state index contributed by atoms with van der Waals surface area (Å²) >= 11 is 0. The predicted octanol–water partition coefficient (Wildman–Crippen LogP) is 0.836. The third-order valence-corrected chi connectivity index (χ3v) is 2.57. The van der Waals surface area contributed by atoms with Crippen LogP contribution in [-0.2, 0) is 14.3 Å². The van der Waals surface area contributed by atoms with E-state index in [1.165, 1.54) is 26.4 Å². The Kier molecular flexibility index (Phi) is 4.90. The van der Waals surface area contributed by atoms with Gasteiger partial charge in [0.2, 0.25) is 0 Å². The lowest BCUT2D eigenvalue weighted by Crippen LogP contribution is -2.37. The van der Waals surface area contributed by atoms with Gasteiger partial charge in [-0.1, -0.05) is 19.3 Å². The lowest BCUT2D eigenvalue weighted by atomic mass is 9.98. The number of esters is 1. The molecule has 0 heterocycles. The normalized spacial score (nSPS) is 20.4. The van der Waals surface area contributed by atoms with Gasteiger partial charge in [-0.2, -0.15) is 0 Å². The zero-order chi connectivity index (χ0) is 10.4. The van der Waals surface area contributed by atoms with Crippen LogP contribution < -0.4 is 5.73 Å². The number of methoxy groups -OCH3 is 1. The van der Waals surface area contributed by atoms with Crippen LogP contribution in [0.3, 0.4) is 0 Å². The fourth-order valence-electron chi connectivity index (χ4n) is 1.69. The molecule has 0 aromatic rings. The van der Waals surface area contributed by atoms with Gasteiger partial charge in [-0.25, -0.2) is 0 Å². The van der Waals surface area contributed by atoms with E-state index in [0.29, 0.717) is 6.10 Å². The average molecular weight is 201 g/mol. The maximum Gasteiger partial charge on any atom is 0.325 e. The monoisotopic (exact) mass is 201 g/mol. The molecule has 0 saturated heterocycles. The van der Waals surface area contributed by atoms with Crippen LogP contribution in [0, 0.1) is 0 Å². The maximum absolute atomic E-state index is 11.0. The van der Waals surface area contributed by atoms with E-state index in [-0.39, 0.29) is 6.61 Å². The summed E-state index contributed by atoms with van der Waals surface area (Å²) in [5.41, 5.74) is 5.55. The molecule has 0 radical (unpaired) electrons. The average Bonchev–Trinajstić information content (AvgIpc) is 2.26. The van der Waals surface area contributed by atoms with Gasteiger partial charge < -0.3 is 15.2 Å². The van der Waals surface area contributed by atoms with Gasteiger partial charge in [0.1, 0.15) is 6.04 Å². The van der Waals surface area contributed by atoms with Crippen LogP contribution in [0.25, 0.3) is 0 Å². The summed E-state index contributed by atoms with van der Waals surface area (Å²) in [7, 11) is 1.34. The molecular weight excluding hydrogens is 182 g/mol. The minimum absolute atomic E-state index is 0.275. The molecule has 0 spiro atoms. The highest BCUT2D eigenvalue weighted by Crippen LogP contribution is 2.20. The molecule has 1 atom stereocenters. The molecule has 1 rings (SSSR count). The first-order valence-corrected chi connectivity index (χ1v) is 5.19. The summed E-state index contributed by atoms with van der Waals surface area (Å²) in [6, 6.07) is -0.637. The third kappa shape index (κ3) is 3.64. The standard InChI is InChI=1S/C10H19NO3/c1-13-10(12)9(11)7-14-8-5-3-2-4-6-8/h8-9H,2-7,11H2,1H3/t9-/m0/s1. The van der Waals surface area contributed by atoms with Crippen molar-refractivity contribution in [2.24, 2.45) is 5.73 Å². The van der Waals surface area contributed by atoms with Crippen LogP contribution in [-0.4, -0.2) is 31.8 Å². The summed E-state index contributed by atoms with van der Waals surface area (Å²) in [4.78, 5) is 11.0. The summed E-state index contributed by atoms with van der Waals surface area (Å²) in [5.74, 6) is -0.402. The van der Waals surface area contributed by atoms with E-state index in [1.807, 2.05) is 0 Å². The Morgan fingerprint density at radius 3 is 2.64 bits per heavy atom. The zero-order valence-corrected chi connectivity index (χ0v) is 8.70. The second-order valence-corrected chi connectivity index (χ2v) is 3.72. The zero-order valence-electron chi connectivity index (χ0n) is 8.70. The summed E-state index contributed by atoms with van der Waals surface area (Å²) < 4.78 is 10.0. The van der Waals surface area contributed by atoms with Crippen molar-refractivity contribution in [3.8, 4) is 0 Å². The van der Waals surface area contributed by atoms with Crippen LogP contribution in [0.1, 0.15) is 32.1 Å². The van der Waals surface area contributed by atoms with Crippen molar-refractivity contribution in [2.75, 3.05) is 13.7 Å². The van der Waals surface area contributed by atoms with Gasteiger partial charge in [-0.3, -0.25) is 4.79 Å². The smallest absolute Gasteiger partial charge is 0.325 e. The highest BCUT2D eigenvalue weighted by molar-refractivity contribution is 5.75. The molecule has 82 valence electrons. The van der Waals surface area contributed by atoms with Gasteiger partial charge in [-0.05, 0) is 12.8 Å². The van der Waals surface area contributed by atoms with Crippen molar-refractivity contribution in [1.82, 2.24) is 0 Å². The van der Waals surface area contributed by atoms with Gasteiger partial charge in [0.25, 0.3) is 0 Å². The maximum atomic E-state index is 11.0. The lowest BCUT2D eigenvalue weighted by Gasteiger charge is -2.23. The molecule has 1 aliphatic rings. The highest BCUT2D eigenvalue weighted by Gasteiger charge is 2.18. The van der Waals surface area contributed by atoms with Gasteiger partial charge in [0, 0.05) is 0 Å². The molecule has 0 aromatic carbocycles. The lowest BCUT2D eigenvalue weighted by molar-refractivity contribution is -0.144. The molecule has 4 heteroatoms. The number of ether oxygens (including phenoxy) is 2. The molecule has 0 aliphatic heterocycles. The topological polar surface area (TPSA) is 61.5 Å². The number of carbonyl (C=O) groups excluding carboxylic acids is 1. The fourth-order valence-corrected chi connectivity index (χ4v) is 1.69. The number of hydrogen-bond donors (Lipinski definition) is 1. The molecule has 0 unspecified atom stereocenters. The van der Waals surface area contributed by atoms with Gasteiger partial charge in [0.15, 0.2) is 0 Å². The Morgan fingerprint density at radius 2 is 2.07 bits per heavy atom. The summed E-state index contributed by atoms with van der Waals surface area (Å²) in [6.45, 7) is 0.275. The Bertz CT molecular complexity index is 178. The molecule has 4 nitrogen and oxygen atoms in total. The van der Waals surface area contributed by atoms with Crippen molar-refractivity contribution in [2.45, 2.75) is 44.2 Å². The molecule has 1 fully saturated rings. The van der Waals surface area contributed by atoms with Crippen LogP contribution in [0.2, 0.25) is 0 Å². The van der Waals surface area contributed by atoms with E-state index in [4.69, 9.17) is 10.5 Å². The minimum Gasteiger partial charge on any atom is -0.468 e. The predicted molar refractivity (Wildman–Crippen MR) is 52.8 cm³/mol. The van der Waals surface area contributed by atoms with Gasteiger partial charge in [0.05, 0.1) is 19.8 Å². The Hall–Kier alpha value is -0.610. The third-order valence-electron chi connectivity index (χ3n) is 2.57. The van der Waals surface area contributed by atoms with E-state index in [9.17, 15) is 4.79 Å². The van der Waals surface area contributed by atoms with Gasteiger partial charge >= 0.3 is 5.97 Å². The number of carbonyl (C=O) groups is 1. The molecule has 0 bridgehead atoms. The van der Waals surface area contributed by atoms with E-state index in [0.717, 1.165) is 12.8 Å². The van der Waals surface area contributed by atoms with Crippen molar-refractivity contribution in [3.63, 3.8) is 0 Å². The number of hydrogen-bond acceptors (Lipinski definition) is 4. The first-order chi connectivity index (χ1) is 6.74. The van der Waals surface area contributed by atoms with Gasteiger partial charge in [-0.15, -0.1) is 0 Å².